The van der Waals surface area contributed by atoms with Crippen LogP contribution in [0.15, 0.2) is 4.99 Å². The molecule has 1 rings (SSSR count). The minimum atomic E-state index is -0.860. The predicted octanol–water partition coefficient (Wildman–Crippen LogP) is -0.162. The number of carbonyl (C=O) groups is 1. The SMILES string of the molecule is NC1=NCCC[C@@H]1C(=O)O. The van der Waals surface area contributed by atoms with Crippen LogP contribution in [0.3, 0.4) is 0 Å². The van der Waals surface area contributed by atoms with Gasteiger partial charge < -0.3 is 10.8 Å². The smallest absolute Gasteiger partial charge is 0.314 e. The summed E-state index contributed by atoms with van der Waals surface area (Å²) in [6.45, 7) is 0.676. The van der Waals surface area contributed by atoms with Crippen molar-refractivity contribution in [1.29, 1.82) is 0 Å². The van der Waals surface area contributed by atoms with Crippen molar-refractivity contribution in [2.24, 2.45) is 16.6 Å². The molecule has 0 aliphatic carbocycles. The van der Waals surface area contributed by atoms with Crippen molar-refractivity contribution in [3.63, 3.8) is 0 Å². The molecular weight excluding hydrogens is 132 g/mol. The van der Waals surface area contributed by atoms with E-state index in [0.717, 1.165) is 6.42 Å². The third-order valence-electron chi connectivity index (χ3n) is 1.60. The third-order valence-corrected chi connectivity index (χ3v) is 1.60. The van der Waals surface area contributed by atoms with Gasteiger partial charge in [-0.25, -0.2) is 0 Å². The maximum atomic E-state index is 10.4. The Labute approximate surface area is 58.7 Å². The van der Waals surface area contributed by atoms with Crippen LogP contribution in [-0.2, 0) is 4.79 Å². The highest BCUT2D eigenvalue weighted by atomic mass is 16.4. The molecule has 1 aliphatic heterocycles. The van der Waals surface area contributed by atoms with Gasteiger partial charge in [0.1, 0.15) is 11.8 Å². The Kier molecular flexibility index (Phi) is 1.89. The first-order valence-corrected chi connectivity index (χ1v) is 3.24. The quantitative estimate of drug-likeness (QED) is 0.534. The molecule has 0 saturated carbocycles. The lowest BCUT2D eigenvalue weighted by Crippen LogP contribution is -2.33. The predicted molar refractivity (Wildman–Crippen MR) is 36.8 cm³/mol. The highest BCUT2D eigenvalue weighted by molar-refractivity contribution is 5.99. The standard InChI is InChI=1S/C6H10N2O2/c7-5-4(6(9)10)2-1-3-8-5/h4H,1-3H2,(H2,7,8)(H,9,10)/t4-/m0/s1. The normalized spacial score (nSPS) is 25.6. The molecule has 56 valence electrons. The first kappa shape index (κ1) is 7.05. The van der Waals surface area contributed by atoms with E-state index in [1.165, 1.54) is 0 Å². The van der Waals surface area contributed by atoms with Crippen LogP contribution in [0.1, 0.15) is 12.8 Å². The lowest BCUT2D eigenvalue weighted by atomic mass is 10.00. The van der Waals surface area contributed by atoms with Gasteiger partial charge in [0.2, 0.25) is 0 Å². The van der Waals surface area contributed by atoms with Crippen LogP contribution in [0.25, 0.3) is 0 Å². The molecule has 0 aromatic rings. The molecule has 4 nitrogen and oxygen atoms in total. The van der Waals surface area contributed by atoms with E-state index in [2.05, 4.69) is 4.99 Å². The second-order valence-electron chi connectivity index (χ2n) is 2.34. The van der Waals surface area contributed by atoms with Crippen LogP contribution in [0, 0.1) is 5.92 Å². The fourth-order valence-corrected chi connectivity index (χ4v) is 1.01. The zero-order chi connectivity index (χ0) is 7.56. The number of aliphatic imine (C=N–C) groups is 1. The number of aliphatic carboxylic acids is 1. The fraction of sp³-hybridized carbons (Fsp3) is 0.667. The Morgan fingerprint density at radius 3 is 2.90 bits per heavy atom. The zero-order valence-corrected chi connectivity index (χ0v) is 5.58. The molecule has 0 saturated heterocycles. The van der Waals surface area contributed by atoms with Crippen molar-refractivity contribution >= 4 is 11.8 Å². The van der Waals surface area contributed by atoms with Gasteiger partial charge in [0.25, 0.3) is 0 Å². The summed E-state index contributed by atoms with van der Waals surface area (Å²) in [6, 6.07) is 0. The molecule has 0 spiro atoms. The first-order chi connectivity index (χ1) is 4.72. The molecule has 0 fully saturated rings. The molecule has 0 amide bonds. The fourth-order valence-electron chi connectivity index (χ4n) is 1.01. The molecule has 0 radical (unpaired) electrons. The Morgan fingerprint density at radius 1 is 1.80 bits per heavy atom. The average Bonchev–Trinajstić information content (AvgIpc) is 1.88. The van der Waals surface area contributed by atoms with E-state index in [0.29, 0.717) is 13.0 Å². The van der Waals surface area contributed by atoms with Gasteiger partial charge in [-0.3, -0.25) is 9.79 Å². The molecule has 4 heteroatoms. The van der Waals surface area contributed by atoms with Gasteiger partial charge in [-0.1, -0.05) is 0 Å². The average molecular weight is 142 g/mol. The summed E-state index contributed by atoms with van der Waals surface area (Å²) in [4.78, 5) is 14.3. The number of nitrogens with two attached hydrogens (primary N) is 1. The van der Waals surface area contributed by atoms with E-state index in [1.54, 1.807) is 0 Å². The van der Waals surface area contributed by atoms with E-state index in [-0.39, 0.29) is 5.84 Å². The number of carboxylic acids is 1. The number of hydrogen-bond donors (Lipinski definition) is 2. The van der Waals surface area contributed by atoms with Crippen LogP contribution in [0.2, 0.25) is 0 Å². The van der Waals surface area contributed by atoms with Crippen molar-refractivity contribution in [3.05, 3.63) is 0 Å². The van der Waals surface area contributed by atoms with E-state index < -0.39 is 11.9 Å². The largest absolute Gasteiger partial charge is 0.481 e. The van der Waals surface area contributed by atoms with Gasteiger partial charge in [0.05, 0.1) is 0 Å². The lowest BCUT2D eigenvalue weighted by molar-refractivity contribution is -0.139. The Hall–Kier alpha value is -1.06. The summed E-state index contributed by atoms with van der Waals surface area (Å²) >= 11 is 0. The van der Waals surface area contributed by atoms with Crippen LogP contribution in [0.4, 0.5) is 0 Å². The molecule has 0 aromatic carbocycles. The molecule has 1 heterocycles. The van der Waals surface area contributed by atoms with E-state index in [4.69, 9.17) is 10.8 Å². The minimum absolute atomic E-state index is 0.277. The van der Waals surface area contributed by atoms with Crippen molar-refractivity contribution in [3.8, 4) is 0 Å². The van der Waals surface area contributed by atoms with Crippen LogP contribution < -0.4 is 5.73 Å². The summed E-state index contributed by atoms with van der Waals surface area (Å²) in [5.41, 5.74) is 5.35. The maximum Gasteiger partial charge on any atom is 0.314 e. The zero-order valence-electron chi connectivity index (χ0n) is 5.58. The van der Waals surface area contributed by atoms with E-state index in [9.17, 15) is 4.79 Å². The summed E-state index contributed by atoms with van der Waals surface area (Å²) in [7, 11) is 0. The second-order valence-corrected chi connectivity index (χ2v) is 2.34. The number of rotatable bonds is 1. The number of amidine groups is 1. The molecular formula is C6H10N2O2. The van der Waals surface area contributed by atoms with Crippen LogP contribution in [0.5, 0.6) is 0 Å². The first-order valence-electron chi connectivity index (χ1n) is 3.24. The molecule has 0 unspecified atom stereocenters. The molecule has 0 aromatic heterocycles. The number of hydrogen-bond acceptors (Lipinski definition) is 3. The highest BCUT2D eigenvalue weighted by Crippen LogP contribution is 2.11. The molecule has 0 bridgehead atoms. The highest BCUT2D eigenvalue weighted by Gasteiger charge is 2.23. The third kappa shape index (κ3) is 1.26. The molecule has 3 N–H and O–H groups in total. The topological polar surface area (TPSA) is 75.7 Å². The monoisotopic (exact) mass is 142 g/mol. The molecule has 1 atom stereocenters. The summed E-state index contributed by atoms with van der Waals surface area (Å²) in [6.07, 6.45) is 1.46. The number of nitrogens with zero attached hydrogens (tertiary/aromatic N) is 1. The van der Waals surface area contributed by atoms with Crippen molar-refractivity contribution < 1.29 is 9.90 Å². The van der Waals surface area contributed by atoms with Crippen molar-refractivity contribution in [2.45, 2.75) is 12.8 Å². The van der Waals surface area contributed by atoms with Gasteiger partial charge in [-0.15, -0.1) is 0 Å². The van der Waals surface area contributed by atoms with Crippen LogP contribution in [-0.4, -0.2) is 23.5 Å². The molecule has 1 aliphatic rings. The number of carboxylic acid groups (broad SMARTS) is 1. The Bertz CT molecular complexity index is 177. The minimum Gasteiger partial charge on any atom is -0.481 e. The van der Waals surface area contributed by atoms with E-state index >= 15 is 0 Å². The molecule has 10 heavy (non-hydrogen) atoms. The Balaban J connectivity index is 2.67. The van der Waals surface area contributed by atoms with Crippen molar-refractivity contribution in [1.82, 2.24) is 0 Å². The van der Waals surface area contributed by atoms with Crippen LogP contribution >= 0.6 is 0 Å². The van der Waals surface area contributed by atoms with E-state index in [1.807, 2.05) is 0 Å². The maximum absolute atomic E-state index is 10.4. The van der Waals surface area contributed by atoms with Gasteiger partial charge in [0.15, 0.2) is 0 Å². The van der Waals surface area contributed by atoms with Gasteiger partial charge in [0, 0.05) is 6.54 Å². The van der Waals surface area contributed by atoms with Gasteiger partial charge in [-0.05, 0) is 12.8 Å². The summed E-state index contributed by atoms with van der Waals surface area (Å²) in [5.74, 6) is -1.12. The summed E-state index contributed by atoms with van der Waals surface area (Å²) < 4.78 is 0. The Morgan fingerprint density at radius 2 is 2.50 bits per heavy atom. The second kappa shape index (κ2) is 2.68. The van der Waals surface area contributed by atoms with Gasteiger partial charge in [-0.2, -0.15) is 0 Å². The summed E-state index contributed by atoms with van der Waals surface area (Å²) in [5, 5.41) is 8.55. The van der Waals surface area contributed by atoms with Gasteiger partial charge >= 0.3 is 5.97 Å². The lowest BCUT2D eigenvalue weighted by Gasteiger charge is -2.15. The van der Waals surface area contributed by atoms with Crippen molar-refractivity contribution in [2.75, 3.05) is 6.54 Å².